The second-order valence-electron chi connectivity index (χ2n) is 4.07. The van der Waals surface area contributed by atoms with Crippen LogP contribution in [0.3, 0.4) is 0 Å². The van der Waals surface area contributed by atoms with Crippen LogP contribution in [0.25, 0.3) is 0 Å². The molecular weight excluding hydrogens is 224 g/mol. The van der Waals surface area contributed by atoms with Gasteiger partial charge < -0.3 is 11.1 Å². The largest absolute Gasteiger partial charge is 0.393 e. The molecule has 4 nitrogen and oxygen atoms in total. The van der Waals surface area contributed by atoms with E-state index in [0.29, 0.717) is 16.7 Å². The molecule has 1 heterocycles. The molecule has 0 aromatic carbocycles. The predicted molar refractivity (Wildman–Crippen MR) is 68.9 cm³/mol. The smallest absolute Gasteiger partial charge is 0.157 e. The summed E-state index contributed by atoms with van der Waals surface area (Å²) in [6.07, 6.45) is 2.21. The topological polar surface area (TPSA) is 63.8 Å². The van der Waals surface area contributed by atoms with Crippen LogP contribution < -0.4 is 11.1 Å². The lowest BCUT2D eigenvalue weighted by Crippen LogP contribution is -2.10. The summed E-state index contributed by atoms with van der Waals surface area (Å²) in [4.78, 5) is 8.52. The van der Waals surface area contributed by atoms with Crippen LogP contribution in [0.4, 0.5) is 11.5 Å². The van der Waals surface area contributed by atoms with E-state index in [-0.39, 0.29) is 5.92 Å². The molecular formula is C11H19ClN4. The summed E-state index contributed by atoms with van der Waals surface area (Å²) in [6.45, 7) is 7.04. The number of rotatable bonds is 5. The van der Waals surface area contributed by atoms with Crippen molar-refractivity contribution in [3.63, 3.8) is 0 Å². The van der Waals surface area contributed by atoms with Crippen molar-refractivity contribution in [1.29, 1.82) is 0 Å². The third-order valence-electron chi connectivity index (χ3n) is 2.26. The lowest BCUT2D eigenvalue weighted by molar-refractivity contribution is 0.771. The van der Waals surface area contributed by atoms with Gasteiger partial charge in [0.05, 0.1) is 0 Å². The lowest BCUT2D eigenvalue weighted by atomic mass is 10.2. The number of anilines is 2. The lowest BCUT2D eigenvalue weighted by Gasteiger charge is -2.12. The first kappa shape index (κ1) is 13.0. The van der Waals surface area contributed by atoms with E-state index in [9.17, 15) is 0 Å². The third kappa shape index (κ3) is 3.23. The summed E-state index contributed by atoms with van der Waals surface area (Å²) in [5.74, 6) is 1.61. The highest BCUT2D eigenvalue weighted by molar-refractivity contribution is 6.32. The zero-order valence-electron chi connectivity index (χ0n) is 10.0. The molecule has 0 bridgehead atoms. The molecule has 0 saturated heterocycles. The van der Waals surface area contributed by atoms with E-state index in [1.54, 1.807) is 0 Å². The van der Waals surface area contributed by atoms with Crippen LogP contribution >= 0.6 is 11.6 Å². The summed E-state index contributed by atoms with van der Waals surface area (Å²) in [5.41, 5.74) is 6.25. The summed E-state index contributed by atoms with van der Waals surface area (Å²) in [6, 6.07) is 0. The van der Waals surface area contributed by atoms with Gasteiger partial charge in [-0.15, -0.1) is 0 Å². The maximum atomic E-state index is 5.96. The fourth-order valence-electron chi connectivity index (χ4n) is 1.23. The van der Waals surface area contributed by atoms with Crippen LogP contribution in [-0.2, 0) is 0 Å². The minimum atomic E-state index is 0.241. The number of aromatic nitrogens is 2. The molecule has 0 spiro atoms. The first-order chi connectivity index (χ1) is 7.56. The van der Waals surface area contributed by atoms with Crippen molar-refractivity contribution in [2.24, 2.45) is 0 Å². The van der Waals surface area contributed by atoms with Crippen LogP contribution in [-0.4, -0.2) is 16.5 Å². The summed E-state index contributed by atoms with van der Waals surface area (Å²) >= 11 is 5.96. The number of unbranched alkanes of at least 4 members (excludes halogenated alkanes) is 1. The molecule has 3 N–H and O–H groups in total. The Hall–Kier alpha value is -1.03. The van der Waals surface area contributed by atoms with Crippen molar-refractivity contribution in [2.75, 3.05) is 17.6 Å². The van der Waals surface area contributed by atoms with Crippen LogP contribution in [0.2, 0.25) is 5.15 Å². The molecule has 5 heteroatoms. The van der Waals surface area contributed by atoms with E-state index in [1.807, 2.05) is 13.8 Å². The maximum absolute atomic E-state index is 5.96. The normalized spacial score (nSPS) is 10.8. The van der Waals surface area contributed by atoms with Gasteiger partial charge in [-0.3, -0.25) is 0 Å². The first-order valence-corrected chi connectivity index (χ1v) is 6.00. The quantitative estimate of drug-likeness (QED) is 0.615. The highest BCUT2D eigenvalue weighted by atomic mass is 35.5. The van der Waals surface area contributed by atoms with Crippen LogP contribution in [0.15, 0.2) is 0 Å². The first-order valence-electron chi connectivity index (χ1n) is 5.63. The minimum absolute atomic E-state index is 0.241. The summed E-state index contributed by atoms with van der Waals surface area (Å²) in [7, 11) is 0. The van der Waals surface area contributed by atoms with Gasteiger partial charge in [-0.25, -0.2) is 9.97 Å². The van der Waals surface area contributed by atoms with E-state index in [2.05, 4.69) is 22.2 Å². The Morgan fingerprint density at radius 1 is 1.38 bits per heavy atom. The number of halogens is 1. The number of nitrogens with two attached hydrogens (primary N) is 1. The highest BCUT2D eigenvalue weighted by Gasteiger charge is 2.11. The molecule has 0 amide bonds. The van der Waals surface area contributed by atoms with Crippen LogP contribution in [0, 0.1) is 0 Å². The Morgan fingerprint density at radius 2 is 2.06 bits per heavy atom. The summed E-state index contributed by atoms with van der Waals surface area (Å²) < 4.78 is 0. The molecule has 0 fully saturated rings. The molecule has 90 valence electrons. The molecule has 1 aromatic heterocycles. The number of hydrogen-bond donors (Lipinski definition) is 2. The van der Waals surface area contributed by atoms with E-state index < -0.39 is 0 Å². The van der Waals surface area contributed by atoms with Crippen molar-refractivity contribution in [2.45, 2.75) is 39.5 Å². The van der Waals surface area contributed by atoms with E-state index in [4.69, 9.17) is 17.3 Å². The van der Waals surface area contributed by atoms with E-state index in [1.165, 1.54) is 0 Å². The number of hydrogen-bond acceptors (Lipinski definition) is 4. The zero-order valence-corrected chi connectivity index (χ0v) is 10.8. The Balaban J connectivity index is 2.88. The monoisotopic (exact) mass is 242 g/mol. The second kappa shape index (κ2) is 5.89. The third-order valence-corrected chi connectivity index (χ3v) is 2.54. The zero-order chi connectivity index (χ0) is 12.1. The number of nitrogens with one attached hydrogen (secondary N) is 1. The van der Waals surface area contributed by atoms with Crippen molar-refractivity contribution in [3.05, 3.63) is 11.0 Å². The molecule has 0 aliphatic rings. The van der Waals surface area contributed by atoms with Gasteiger partial charge in [0.25, 0.3) is 0 Å². The van der Waals surface area contributed by atoms with E-state index >= 15 is 0 Å². The molecule has 0 unspecified atom stereocenters. The average Bonchev–Trinajstić information content (AvgIpc) is 2.24. The highest BCUT2D eigenvalue weighted by Crippen LogP contribution is 2.25. The van der Waals surface area contributed by atoms with Gasteiger partial charge in [-0.2, -0.15) is 0 Å². The SMILES string of the molecule is CCCCNc1nc(C(C)C)nc(Cl)c1N. The average molecular weight is 243 g/mol. The Labute approximate surface area is 102 Å². The fraction of sp³-hybridized carbons (Fsp3) is 0.636. The summed E-state index contributed by atoms with van der Waals surface area (Å²) in [5, 5.41) is 3.52. The van der Waals surface area contributed by atoms with Crippen molar-refractivity contribution in [3.8, 4) is 0 Å². The second-order valence-corrected chi connectivity index (χ2v) is 4.43. The predicted octanol–water partition coefficient (Wildman–Crippen LogP) is 3.05. The molecule has 16 heavy (non-hydrogen) atoms. The molecule has 1 rings (SSSR count). The van der Waals surface area contributed by atoms with Crippen LogP contribution in [0.1, 0.15) is 45.4 Å². The standard InChI is InChI=1S/C11H19ClN4/c1-4-5-6-14-11-8(13)9(12)15-10(16-11)7(2)3/h7H,4-6,13H2,1-3H3,(H,14,15,16). The van der Waals surface area contributed by atoms with Gasteiger partial charge in [0.15, 0.2) is 11.0 Å². The van der Waals surface area contributed by atoms with Gasteiger partial charge >= 0.3 is 0 Å². The number of nitrogen functional groups attached to an aromatic ring is 1. The Morgan fingerprint density at radius 3 is 2.62 bits per heavy atom. The molecule has 1 aromatic rings. The van der Waals surface area contributed by atoms with Crippen molar-refractivity contribution in [1.82, 2.24) is 9.97 Å². The molecule has 0 saturated carbocycles. The van der Waals surface area contributed by atoms with Crippen molar-refractivity contribution >= 4 is 23.1 Å². The maximum Gasteiger partial charge on any atom is 0.157 e. The molecule has 0 aliphatic carbocycles. The minimum Gasteiger partial charge on any atom is -0.393 e. The molecule has 0 radical (unpaired) electrons. The number of nitrogens with zero attached hydrogens (tertiary/aromatic N) is 2. The Bertz CT molecular complexity index is 352. The van der Waals surface area contributed by atoms with Gasteiger partial charge in [0.1, 0.15) is 11.5 Å². The van der Waals surface area contributed by atoms with E-state index in [0.717, 1.165) is 25.2 Å². The van der Waals surface area contributed by atoms with Gasteiger partial charge in [0, 0.05) is 12.5 Å². The Kier molecular flexibility index (Phi) is 4.80. The van der Waals surface area contributed by atoms with Gasteiger partial charge in [-0.05, 0) is 6.42 Å². The van der Waals surface area contributed by atoms with Gasteiger partial charge in [-0.1, -0.05) is 38.8 Å². The van der Waals surface area contributed by atoms with Crippen LogP contribution in [0.5, 0.6) is 0 Å². The molecule has 0 aliphatic heterocycles. The fourth-order valence-corrected chi connectivity index (χ4v) is 1.41. The van der Waals surface area contributed by atoms with Gasteiger partial charge in [0.2, 0.25) is 0 Å². The van der Waals surface area contributed by atoms with Crippen molar-refractivity contribution < 1.29 is 0 Å². The molecule has 0 atom stereocenters.